The number of carbonyl (C=O) groups excluding carboxylic acids is 1. The largest absolute Gasteiger partial charge is 0.478 e. The van der Waals surface area contributed by atoms with Crippen molar-refractivity contribution >= 4 is 39.2 Å². The molecule has 2 N–H and O–H groups in total. The van der Waals surface area contributed by atoms with Crippen LogP contribution in [0.3, 0.4) is 0 Å². The third kappa shape index (κ3) is 3.32. The van der Waals surface area contributed by atoms with Crippen LogP contribution in [0.25, 0.3) is 0 Å². The lowest BCUT2D eigenvalue weighted by Crippen LogP contribution is -2.40. The van der Waals surface area contributed by atoms with Crippen LogP contribution in [0.5, 0.6) is 0 Å². The first kappa shape index (κ1) is 15.4. The van der Waals surface area contributed by atoms with E-state index in [1.165, 1.54) is 12.1 Å². The Morgan fingerprint density at radius 1 is 1.04 bits per heavy atom. The van der Waals surface area contributed by atoms with Gasteiger partial charge in [0.15, 0.2) is 0 Å². The maximum absolute atomic E-state index is 11.8. The van der Waals surface area contributed by atoms with Gasteiger partial charge in [-0.1, -0.05) is 20.6 Å². The van der Waals surface area contributed by atoms with Gasteiger partial charge in [0, 0.05) is 35.0 Å². The zero-order valence-corrected chi connectivity index (χ0v) is 13.7. The van der Waals surface area contributed by atoms with E-state index in [-0.39, 0.29) is 11.5 Å². The summed E-state index contributed by atoms with van der Waals surface area (Å²) in [5.74, 6) is -1.04. The zero-order chi connectivity index (χ0) is 16.4. The number of halogens is 1. The third-order valence-corrected chi connectivity index (χ3v) is 4.17. The number of nitrogens with zero attached hydrogens (tertiary/aromatic N) is 1. The van der Waals surface area contributed by atoms with Gasteiger partial charge in [0.1, 0.15) is 0 Å². The summed E-state index contributed by atoms with van der Waals surface area (Å²) in [7, 11) is 0. The molecule has 0 saturated carbocycles. The molecule has 5 nitrogen and oxygen atoms in total. The second-order valence-electron chi connectivity index (χ2n) is 5.18. The Bertz CT molecular complexity index is 796. The van der Waals surface area contributed by atoms with Crippen LogP contribution < -0.4 is 5.43 Å². The Kier molecular flexibility index (Phi) is 4.25. The molecule has 3 rings (SSSR count). The molecule has 0 aliphatic carbocycles. The van der Waals surface area contributed by atoms with Gasteiger partial charge in [-0.05, 0) is 36.4 Å². The molecule has 0 fully saturated rings. The minimum atomic E-state index is -0.976. The lowest BCUT2D eigenvalue weighted by atomic mass is 10.0. The molecule has 0 spiro atoms. The number of hydrogen-bond acceptors (Lipinski definition) is 2. The fourth-order valence-corrected chi connectivity index (χ4v) is 2.75. The van der Waals surface area contributed by atoms with E-state index in [0.29, 0.717) is 12.8 Å². The number of benzene rings is 2. The molecule has 0 bridgehead atoms. The molecule has 1 aliphatic rings. The second-order valence-corrected chi connectivity index (χ2v) is 6.09. The lowest BCUT2D eigenvalue weighted by molar-refractivity contribution is -0.496. The normalized spacial score (nSPS) is 14.6. The van der Waals surface area contributed by atoms with Gasteiger partial charge in [0.05, 0.1) is 5.56 Å². The number of carbonyl (C=O) groups is 2. The summed E-state index contributed by atoms with van der Waals surface area (Å²) >= 11 is 3.41. The van der Waals surface area contributed by atoms with Gasteiger partial charge in [-0.25, -0.2) is 4.79 Å². The Balaban J connectivity index is 2.07. The van der Waals surface area contributed by atoms with Gasteiger partial charge in [0.25, 0.3) is 5.91 Å². The van der Waals surface area contributed by atoms with Crippen LogP contribution in [0.4, 0.5) is 5.69 Å². The molecule has 0 atom stereocenters. The summed E-state index contributed by atoms with van der Waals surface area (Å²) in [5, 5.41) is 8.99. The number of carboxylic acid groups (broad SMARTS) is 1. The summed E-state index contributed by atoms with van der Waals surface area (Å²) in [6, 6.07) is 14.3. The van der Waals surface area contributed by atoms with Gasteiger partial charge < -0.3 is 5.11 Å². The second kappa shape index (κ2) is 6.34. The average Bonchev–Trinajstić information content (AvgIpc) is 2.56. The van der Waals surface area contributed by atoms with Crippen LogP contribution in [0, 0.1) is 0 Å². The number of carboxylic acids is 1. The fraction of sp³-hybridized carbons (Fsp3) is 0.118. The van der Waals surface area contributed by atoms with Crippen LogP contribution in [0.2, 0.25) is 0 Å². The first-order chi connectivity index (χ1) is 11.0. The van der Waals surface area contributed by atoms with Crippen LogP contribution in [0.1, 0.15) is 28.8 Å². The smallest absolute Gasteiger partial charge is 0.335 e. The van der Waals surface area contributed by atoms with Crippen LogP contribution in [-0.2, 0) is 4.79 Å². The quantitative estimate of drug-likeness (QED) is 0.812. The summed E-state index contributed by atoms with van der Waals surface area (Å²) in [4.78, 5) is 22.8. The number of rotatable bonds is 3. The van der Waals surface area contributed by atoms with E-state index < -0.39 is 5.97 Å². The van der Waals surface area contributed by atoms with Crippen LogP contribution >= 0.6 is 15.9 Å². The number of amides is 1. The lowest BCUT2D eigenvalue weighted by Gasteiger charge is -2.14. The molecule has 0 unspecified atom stereocenters. The highest BCUT2D eigenvalue weighted by atomic mass is 79.9. The zero-order valence-electron chi connectivity index (χ0n) is 12.1. The molecule has 23 heavy (non-hydrogen) atoms. The fourth-order valence-electron chi connectivity index (χ4n) is 2.48. The Labute approximate surface area is 141 Å². The van der Waals surface area contributed by atoms with Crippen molar-refractivity contribution in [3.05, 3.63) is 64.1 Å². The minimum Gasteiger partial charge on any atom is -0.478 e. The molecular formula is C17H14BrN2O3+. The molecule has 2 aromatic rings. The summed E-state index contributed by atoms with van der Waals surface area (Å²) in [6.45, 7) is 0. The number of nitrogens with one attached hydrogen (secondary N) is 1. The van der Waals surface area contributed by atoms with Crippen molar-refractivity contribution in [1.82, 2.24) is 5.43 Å². The van der Waals surface area contributed by atoms with Crippen molar-refractivity contribution in [1.29, 1.82) is 0 Å². The molecular weight excluding hydrogens is 360 g/mol. The van der Waals surface area contributed by atoms with E-state index in [1.807, 2.05) is 24.3 Å². The molecule has 0 radical (unpaired) electrons. The molecule has 1 aliphatic heterocycles. The molecule has 0 aromatic heterocycles. The molecule has 1 heterocycles. The summed E-state index contributed by atoms with van der Waals surface area (Å²) in [6.07, 6.45) is 1.04. The maximum atomic E-state index is 11.8. The maximum Gasteiger partial charge on any atom is 0.335 e. The van der Waals surface area contributed by atoms with Gasteiger partial charge in [-0.3, -0.25) is 4.79 Å². The first-order valence-electron chi connectivity index (χ1n) is 7.09. The van der Waals surface area contributed by atoms with Gasteiger partial charge >= 0.3 is 5.97 Å². The van der Waals surface area contributed by atoms with E-state index in [4.69, 9.17) is 5.11 Å². The average molecular weight is 374 g/mol. The predicted molar refractivity (Wildman–Crippen MR) is 88.9 cm³/mol. The Morgan fingerprint density at radius 2 is 1.70 bits per heavy atom. The van der Waals surface area contributed by atoms with Crippen molar-refractivity contribution in [2.75, 3.05) is 0 Å². The molecule has 0 saturated heterocycles. The molecule has 116 valence electrons. The predicted octanol–water partition coefficient (Wildman–Crippen LogP) is 3.11. The van der Waals surface area contributed by atoms with Crippen LogP contribution in [0.15, 0.2) is 53.0 Å². The van der Waals surface area contributed by atoms with Crippen molar-refractivity contribution < 1.29 is 19.4 Å². The number of hydrogen-bond donors (Lipinski definition) is 2. The van der Waals surface area contributed by atoms with Crippen molar-refractivity contribution in [3.63, 3.8) is 0 Å². The van der Waals surface area contributed by atoms with E-state index in [0.717, 1.165) is 21.4 Å². The molecule has 1 amide bonds. The monoisotopic (exact) mass is 373 g/mol. The highest BCUT2D eigenvalue weighted by molar-refractivity contribution is 9.10. The third-order valence-electron chi connectivity index (χ3n) is 3.65. The Hall–Kier alpha value is -2.47. The molecule has 6 heteroatoms. The standard InChI is InChI=1S/C17H13BrN2O3/c18-13-5-1-11(2-6-13)15-9-10-16(21)19-20(15)14-7-3-12(4-8-14)17(22)23/h1-8H,9-10H2,(H-,19,21,22,23)/p+1. The van der Waals surface area contributed by atoms with Crippen molar-refractivity contribution in [3.8, 4) is 0 Å². The highest BCUT2D eigenvalue weighted by Crippen LogP contribution is 2.20. The van der Waals surface area contributed by atoms with Gasteiger partial charge in [0.2, 0.25) is 11.4 Å². The summed E-state index contributed by atoms with van der Waals surface area (Å²) < 4.78 is 2.71. The minimum absolute atomic E-state index is 0.0619. The number of hydrazone groups is 1. The molecule has 2 aromatic carbocycles. The SMILES string of the molecule is O=C1CCC(c2ccc(Br)cc2)=[N+](c2ccc(C(=O)O)cc2)N1. The van der Waals surface area contributed by atoms with E-state index in [1.54, 1.807) is 16.8 Å². The van der Waals surface area contributed by atoms with E-state index >= 15 is 0 Å². The Morgan fingerprint density at radius 3 is 2.30 bits per heavy atom. The van der Waals surface area contributed by atoms with Gasteiger partial charge in [-0.2, -0.15) is 0 Å². The first-order valence-corrected chi connectivity index (χ1v) is 7.88. The topological polar surface area (TPSA) is 69.4 Å². The number of aromatic carboxylic acids is 1. The summed E-state index contributed by atoms with van der Waals surface area (Å²) in [5.41, 5.74) is 5.76. The van der Waals surface area contributed by atoms with E-state index in [2.05, 4.69) is 21.4 Å². The van der Waals surface area contributed by atoms with Crippen molar-refractivity contribution in [2.45, 2.75) is 12.8 Å². The number of hydrazine groups is 1. The van der Waals surface area contributed by atoms with Gasteiger partial charge in [-0.15, -0.1) is 5.43 Å². The van der Waals surface area contributed by atoms with Crippen LogP contribution in [-0.4, -0.2) is 27.4 Å². The van der Waals surface area contributed by atoms with E-state index in [9.17, 15) is 9.59 Å². The van der Waals surface area contributed by atoms with Crippen molar-refractivity contribution in [2.24, 2.45) is 0 Å². The highest BCUT2D eigenvalue weighted by Gasteiger charge is 2.28.